The van der Waals surface area contributed by atoms with E-state index >= 15 is 0 Å². The Morgan fingerprint density at radius 1 is 1.50 bits per heavy atom. The summed E-state index contributed by atoms with van der Waals surface area (Å²) >= 11 is 4.79. The van der Waals surface area contributed by atoms with Gasteiger partial charge in [-0.3, -0.25) is 0 Å². The fourth-order valence-electron chi connectivity index (χ4n) is 2.05. The van der Waals surface area contributed by atoms with Gasteiger partial charge in [0.2, 0.25) is 0 Å². The number of thiocarbonyl (C=S) groups is 1. The van der Waals surface area contributed by atoms with Crippen LogP contribution < -0.4 is 11.1 Å². The molecular formula is C9H18N2S. The maximum absolute atomic E-state index is 5.40. The van der Waals surface area contributed by atoms with Crippen LogP contribution >= 0.6 is 12.2 Å². The van der Waals surface area contributed by atoms with Crippen LogP contribution in [-0.4, -0.2) is 11.7 Å². The summed E-state index contributed by atoms with van der Waals surface area (Å²) in [7, 11) is 0. The Balaban J connectivity index is 2.39. The molecule has 0 heterocycles. The summed E-state index contributed by atoms with van der Waals surface area (Å²) in [6, 6.07) is 0. The van der Waals surface area contributed by atoms with Crippen molar-refractivity contribution >= 4 is 17.3 Å². The molecule has 70 valence electrons. The van der Waals surface area contributed by atoms with Gasteiger partial charge < -0.3 is 11.1 Å². The van der Waals surface area contributed by atoms with Gasteiger partial charge in [0.25, 0.3) is 0 Å². The van der Waals surface area contributed by atoms with E-state index in [1.165, 1.54) is 32.1 Å². The summed E-state index contributed by atoms with van der Waals surface area (Å²) in [5, 5.41) is 3.53. The minimum atomic E-state index is 0.440. The predicted octanol–water partition coefficient (Wildman–Crippen LogP) is 1.79. The first-order chi connectivity index (χ1) is 5.68. The monoisotopic (exact) mass is 186 g/mol. The van der Waals surface area contributed by atoms with Gasteiger partial charge in [-0.1, -0.05) is 19.8 Å². The molecule has 3 N–H and O–H groups in total. The standard InChI is InChI=1S/C9H18N2S/c1-2-9(5-3-4-6-9)7-11-8(10)12/h2-7H2,1H3,(H3,10,11,12). The lowest BCUT2D eigenvalue weighted by Gasteiger charge is -2.27. The number of nitrogens with two attached hydrogens (primary N) is 1. The molecule has 0 radical (unpaired) electrons. The summed E-state index contributed by atoms with van der Waals surface area (Å²) in [5.74, 6) is 0. The lowest BCUT2D eigenvalue weighted by atomic mass is 9.83. The van der Waals surface area contributed by atoms with E-state index in [1.807, 2.05) is 0 Å². The van der Waals surface area contributed by atoms with Crippen molar-refractivity contribution < 1.29 is 0 Å². The van der Waals surface area contributed by atoms with E-state index in [0.29, 0.717) is 10.5 Å². The molecule has 12 heavy (non-hydrogen) atoms. The molecule has 1 aliphatic carbocycles. The minimum absolute atomic E-state index is 0.440. The quantitative estimate of drug-likeness (QED) is 0.660. The number of rotatable bonds is 3. The molecule has 0 amide bonds. The third-order valence-electron chi connectivity index (χ3n) is 3.05. The van der Waals surface area contributed by atoms with Crippen molar-refractivity contribution in [1.82, 2.24) is 5.32 Å². The molecule has 0 saturated heterocycles. The zero-order valence-electron chi connectivity index (χ0n) is 7.73. The first kappa shape index (κ1) is 9.78. The average Bonchev–Trinajstić information content (AvgIpc) is 2.50. The highest BCUT2D eigenvalue weighted by Gasteiger charge is 2.31. The number of hydrogen-bond acceptors (Lipinski definition) is 1. The second-order valence-electron chi connectivity index (χ2n) is 3.78. The Bertz CT molecular complexity index is 162. The van der Waals surface area contributed by atoms with Crippen LogP contribution in [0.4, 0.5) is 0 Å². The Kier molecular flexibility index (Phi) is 3.32. The van der Waals surface area contributed by atoms with Crippen LogP contribution in [0.2, 0.25) is 0 Å². The third kappa shape index (κ3) is 2.34. The summed E-state index contributed by atoms with van der Waals surface area (Å²) in [5.41, 5.74) is 5.89. The fourth-order valence-corrected chi connectivity index (χ4v) is 2.13. The van der Waals surface area contributed by atoms with Crippen LogP contribution in [0.1, 0.15) is 39.0 Å². The van der Waals surface area contributed by atoms with Gasteiger partial charge in [-0.2, -0.15) is 0 Å². The number of hydrogen-bond donors (Lipinski definition) is 2. The predicted molar refractivity (Wildman–Crippen MR) is 56.0 cm³/mol. The average molecular weight is 186 g/mol. The highest BCUT2D eigenvalue weighted by molar-refractivity contribution is 7.80. The van der Waals surface area contributed by atoms with E-state index in [0.717, 1.165) is 6.54 Å². The van der Waals surface area contributed by atoms with Crippen molar-refractivity contribution in [3.05, 3.63) is 0 Å². The summed E-state index contributed by atoms with van der Waals surface area (Å²) in [4.78, 5) is 0. The molecule has 1 saturated carbocycles. The molecule has 0 aromatic carbocycles. The third-order valence-corrected chi connectivity index (χ3v) is 3.20. The van der Waals surface area contributed by atoms with Crippen LogP contribution in [-0.2, 0) is 0 Å². The van der Waals surface area contributed by atoms with Crippen LogP contribution in [0.25, 0.3) is 0 Å². The highest BCUT2D eigenvalue weighted by Crippen LogP contribution is 2.40. The first-order valence-corrected chi connectivity index (χ1v) is 5.13. The number of nitrogens with one attached hydrogen (secondary N) is 1. The normalized spacial score (nSPS) is 20.8. The van der Waals surface area contributed by atoms with E-state index in [4.69, 9.17) is 18.0 Å². The molecule has 0 unspecified atom stereocenters. The molecule has 0 aromatic heterocycles. The van der Waals surface area contributed by atoms with E-state index in [9.17, 15) is 0 Å². The lowest BCUT2D eigenvalue weighted by molar-refractivity contribution is 0.285. The van der Waals surface area contributed by atoms with Crippen molar-refractivity contribution in [1.29, 1.82) is 0 Å². The SMILES string of the molecule is CCC1(CNC(N)=S)CCCC1. The Morgan fingerprint density at radius 2 is 2.08 bits per heavy atom. The maximum Gasteiger partial charge on any atom is 0.163 e. The van der Waals surface area contributed by atoms with Gasteiger partial charge in [0.15, 0.2) is 5.11 Å². The van der Waals surface area contributed by atoms with E-state index < -0.39 is 0 Å². The Morgan fingerprint density at radius 3 is 2.50 bits per heavy atom. The molecule has 0 bridgehead atoms. The van der Waals surface area contributed by atoms with Gasteiger partial charge in [-0.05, 0) is 36.9 Å². The molecule has 2 nitrogen and oxygen atoms in total. The summed E-state index contributed by atoms with van der Waals surface area (Å²) in [6.07, 6.45) is 6.64. The van der Waals surface area contributed by atoms with Gasteiger partial charge in [0.05, 0.1) is 0 Å². The van der Waals surface area contributed by atoms with E-state index in [-0.39, 0.29) is 0 Å². The largest absolute Gasteiger partial charge is 0.376 e. The lowest BCUT2D eigenvalue weighted by Crippen LogP contribution is -2.38. The van der Waals surface area contributed by atoms with Crippen LogP contribution in [0.15, 0.2) is 0 Å². The molecule has 0 spiro atoms. The fraction of sp³-hybridized carbons (Fsp3) is 0.889. The van der Waals surface area contributed by atoms with Crippen LogP contribution in [0.5, 0.6) is 0 Å². The van der Waals surface area contributed by atoms with Crippen molar-refractivity contribution in [2.24, 2.45) is 11.1 Å². The van der Waals surface area contributed by atoms with Gasteiger partial charge in [-0.25, -0.2) is 0 Å². The van der Waals surface area contributed by atoms with Gasteiger partial charge in [0, 0.05) is 6.54 Å². The smallest absolute Gasteiger partial charge is 0.163 e. The van der Waals surface area contributed by atoms with Crippen molar-refractivity contribution in [2.45, 2.75) is 39.0 Å². The van der Waals surface area contributed by atoms with Crippen molar-refractivity contribution in [3.63, 3.8) is 0 Å². The van der Waals surface area contributed by atoms with Gasteiger partial charge in [0.1, 0.15) is 0 Å². The van der Waals surface area contributed by atoms with E-state index in [1.54, 1.807) is 0 Å². The van der Waals surface area contributed by atoms with Crippen molar-refractivity contribution in [3.8, 4) is 0 Å². The zero-order valence-corrected chi connectivity index (χ0v) is 8.54. The molecule has 3 heteroatoms. The highest BCUT2D eigenvalue weighted by atomic mass is 32.1. The summed E-state index contributed by atoms with van der Waals surface area (Å²) < 4.78 is 0. The molecule has 1 fully saturated rings. The van der Waals surface area contributed by atoms with Crippen LogP contribution in [0.3, 0.4) is 0 Å². The second kappa shape index (κ2) is 4.08. The molecule has 1 aliphatic rings. The van der Waals surface area contributed by atoms with E-state index in [2.05, 4.69) is 12.2 Å². The van der Waals surface area contributed by atoms with Gasteiger partial charge >= 0.3 is 0 Å². The molecule has 0 atom stereocenters. The maximum atomic E-state index is 5.40. The van der Waals surface area contributed by atoms with Crippen LogP contribution in [0, 0.1) is 5.41 Å². The molecular weight excluding hydrogens is 168 g/mol. The van der Waals surface area contributed by atoms with Crippen molar-refractivity contribution in [2.75, 3.05) is 6.54 Å². The Labute approximate surface area is 79.9 Å². The molecule has 1 rings (SSSR count). The molecule has 0 aliphatic heterocycles. The summed E-state index contributed by atoms with van der Waals surface area (Å²) in [6.45, 7) is 3.23. The van der Waals surface area contributed by atoms with Gasteiger partial charge in [-0.15, -0.1) is 0 Å². The second-order valence-corrected chi connectivity index (χ2v) is 4.22. The topological polar surface area (TPSA) is 38.0 Å². The molecule has 0 aromatic rings. The first-order valence-electron chi connectivity index (χ1n) is 4.72. The zero-order chi connectivity index (χ0) is 9.03. The Hall–Kier alpha value is -0.310. The minimum Gasteiger partial charge on any atom is -0.376 e.